The molecule has 1 aliphatic rings. The number of carbonyl (C=O) groups is 2. The fraction of sp³-hybridized carbons (Fsp3) is 0.778. The molecule has 0 aromatic heterocycles. The molecule has 86 valence electrons. The molecule has 0 unspecified atom stereocenters. The normalized spacial score (nSPS) is 19.5. The Labute approximate surface area is 87.8 Å². The van der Waals surface area contributed by atoms with Gasteiger partial charge in [-0.1, -0.05) is 0 Å². The number of carboxylic acid groups (broad SMARTS) is 1. The van der Waals surface area contributed by atoms with Crippen LogP contribution < -0.4 is 11.1 Å². The van der Waals surface area contributed by atoms with E-state index in [4.69, 9.17) is 15.6 Å². The second-order valence-electron chi connectivity index (χ2n) is 3.60. The smallest absolute Gasteiger partial charge is 0.321 e. The number of nitrogens with two attached hydrogens (primary N) is 1. The summed E-state index contributed by atoms with van der Waals surface area (Å²) in [5.74, 6) is -1.46. The van der Waals surface area contributed by atoms with Crippen LogP contribution in [0.25, 0.3) is 0 Å². The molecule has 15 heavy (non-hydrogen) atoms. The Hall–Kier alpha value is -1.14. The first-order chi connectivity index (χ1) is 7.09. The Morgan fingerprint density at radius 3 is 2.60 bits per heavy atom. The molecule has 0 aromatic rings. The first kappa shape index (κ1) is 11.9. The van der Waals surface area contributed by atoms with Crippen LogP contribution in [0.5, 0.6) is 0 Å². The maximum Gasteiger partial charge on any atom is 0.321 e. The quantitative estimate of drug-likeness (QED) is 0.564. The maximum absolute atomic E-state index is 11.3. The fourth-order valence-corrected chi connectivity index (χ4v) is 1.42. The van der Waals surface area contributed by atoms with Gasteiger partial charge in [0.05, 0.1) is 6.42 Å². The minimum atomic E-state index is -1.16. The van der Waals surface area contributed by atoms with Crippen LogP contribution in [0.4, 0.5) is 0 Å². The van der Waals surface area contributed by atoms with E-state index in [1.165, 1.54) is 0 Å². The third-order valence-corrected chi connectivity index (χ3v) is 2.31. The van der Waals surface area contributed by atoms with Crippen LogP contribution in [0.3, 0.4) is 0 Å². The number of aliphatic carboxylic acids is 1. The highest BCUT2D eigenvalue weighted by atomic mass is 16.5. The van der Waals surface area contributed by atoms with E-state index in [-0.39, 0.29) is 18.4 Å². The van der Waals surface area contributed by atoms with E-state index in [0.29, 0.717) is 13.2 Å². The molecule has 1 fully saturated rings. The summed E-state index contributed by atoms with van der Waals surface area (Å²) in [6.45, 7) is 1.27. The van der Waals surface area contributed by atoms with Crippen LogP contribution in [0, 0.1) is 0 Å². The summed E-state index contributed by atoms with van der Waals surface area (Å²) in [4.78, 5) is 21.7. The molecule has 6 nitrogen and oxygen atoms in total. The first-order valence-corrected chi connectivity index (χ1v) is 4.95. The van der Waals surface area contributed by atoms with Crippen molar-refractivity contribution < 1.29 is 19.4 Å². The second-order valence-corrected chi connectivity index (χ2v) is 3.60. The average molecular weight is 216 g/mol. The first-order valence-electron chi connectivity index (χ1n) is 4.95. The Morgan fingerprint density at radius 2 is 2.07 bits per heavy atom. The summed E-state index contributed by atoms with van der Waals surface area (Å²) in [6.07, 6.45) is 1.37. The summed E-state index contributed by atoms with van der Waals surface area (Å²) in [6, 6.07) is -1.03. The van der Waals surface area contributed by atoms with E-state index < -0.39 is 12.0 Å². The van der Waals surface area contributed by atoms with Gasteiger partial charge in [-0.2, -0.15) is 0 Å². The van der Waals surface area contributed by atoms with Gasteiger partial charge in [0.15, 0.2) is 0 Å². The molecular formula is C9H16N2O4. The van der Waals surface area contributed by atoms with Crippen LogP contribution in [0.2, 0.25) is 0 Å². The molecule has 0 radical (unpaired) electrons. The summed E-state index contributed by atoms with van der Waals surface area (Å²) in [7, 11) is 0. The molecule has 1 saturated heterocycles. The van der Waals surface area contributed by atoms with Crippen LogP contribution in [-0.2, 0) is 14.3 Å². The molecule has 0 aromatic carbocycles. The van der Waals surface area contributed by atoms with Crippen molar-refractivity contribution in [1.82, 2.24) is 5.32 Å². The zero-order valence-corrected chi connectivity index (χ0v) is 8.44. The zero-order chi connectivity index (χ0) is 11.3. The van der Waals surface area contributed by atoms with Crippen LogP contribution in [0.15, 0.2) is 0 Å². The van der Waals surface area contributed by atoms with E-state index in [1.54, 1.807) is 0 Å². The summed E-state index contributed by atoms with van der Waals surface area (Å²) in [5, 5.41) is 11.3. The third kappa shape index (κ3) is 4.26. The molecule has 0 spiro atoms. The largest absolute Gasteiger partial charge is 0.480 e. The van der Waals surface area contributed by atoms with Crippen molar-refractivity contribution in [3.8, 4) is 0 Å². The highest BCUT2D eigenvalue weighted by molar-refractivity contribution is 5.84. The van der Waals surface area contributed by atoms with Crippen molar-refractivity contribution in [2.45, 2.75) is 31.3 Å². The minimum Gasteiger partial charge on any atom is -0.480 e. The van der Waals surface area contributed by atoms with Crippen molar-refractivity contribution in [2.24, 2.45) is 5.73 Å². The molecule has 1 heterocycles. The van der Waals surface area contributed by atoms with Crippen molar-refractivity contribution in [1.29, 1.82) is 0 Å². The SMILES string of the molecule is N[C@@H](CC(=O)NC1CCOCC1)C(=O)O. The topological polar surface area (TPSA) is 102 Å². The van der Waals surface area contributed by atoms with Crippen molar-refractivity contribution in [3.05, 3.63) is 0 Å². The van der Waals surface area contributed by atoms with E-state index >= 15 is 0 Å². The molecular weight excluding hydrogens is 200 g/mol. The van der Waals surface area contributed by atoms with Crippen LogP contribution >= 0.6 is 0 Å². The summed E-state index contributed by atoms with van der Waals surface area (Å²) in [5.41, 5.74) is 5.24. The minimum absolute atomic E-state index is 0.0900. The number of carboxylic acids is 1. The molecule has 1 atom stereocenters. The summed E-state index contributed by atoms with van der Waals surface area (Å²) >= 11 is 0. The predicted octanol–water partition coefficient (Wildman–Crippen LogP) is -0.916. The molecule has 0 saturated carbocycles. The molecule has 4 N–H and O–H groups in total. The third-order valence-electron chi connectivity index (χ3n) is 2.31. The van der Waals surface area contributed by atoms with E-state index in [0.717, 1.165) is 12.8 Å². The highest BCUT2D eigenvalue weighted by Crippen LogP contribution is 2.06. The summed E-state index contributed by atoms with van der Waals surface area (Å²) < 4.78 is 5.13. The van der Waals surface area contributed by atoms with Crippen molar-refractivity contribution in [3.63, 3.8) is 0 Å². The lowest BCUT2D eigenvalue weighted by Gasteiger charge is -2.23. The highest BCUT2D eigenvalue weighted by Gasteiger charge is 2.20. The van der Waals surface area contributed by atoms with Gasteiger partial charge in [-0.3, -0.25) is 9.59 Å². The number of ether oxygens (including phenoxy) is 1. The van der Waals surface area contributed by atoms with Crippen LogP contribution in [0.1, 0.15) is 19.3 Å². The Kier molecular flexibility index (Phi) is 4.51. The van der Waals surface area contributed by atoms with Gasteiger partial charge in [0, 0.05) is 19.3 Å². The number of carbonyl (C=O) groups excluding carboxylic acids is 1. The number of rotatable bonds is 4. The molecule has 1 aliphatic heterocycles. The predicted molar refractivity (Wildman–Crippen MR) is 52.2 cm³/mol. The molecule has 1 rings (SSSR count). The van der Waals surface area contributed by atoms with Gasteiger partial charge in [0.25, 0.3) is 0 Å². The zero-order valence-electron chi connectivity index (χ0n) is 8.44. The van der Waals surface area contributed by atoms with Gasteiger partial charge in [-0.05, 0) is 12.8 Å². The van der Waals surface area contributed by atoms with Crippen molar-refractivity contribution >= 4 is 11.9 Å². The fourth-order valence-electron chi connectivity index (χ4n) is 1.42. The lowest BCUT2D eigenvalue weighted by Crippen LogP contribution is -2.43. The maximum atomic E-state index is 11.3. The van der Waals surface area contributed by atoms with Gasteiger partial charge in [0.2, 0.25) is 5.91 Å². The Balaban J connectivity index is 2.25. The number of hydrogen-bond donors (Lipinski definition) is 3. The van der Waals surface area contributed by atoms with Gasteiger partial charge in [0.1, 0.15) is 6.04 Å². The second kappa shape index (κ2) is 5.67. The number of amides is 1. The van der Waals surface area contributed by atoms with Gasteiger partial charge < -0.3 is 20.9 Å². The van der Waals surface area contributed by atoms with E-state index in [1.807, 2.05) is 0 Å². The monoisotopic (exact) mass is 216 g/mol. The van der Waals surface area contributed by atoms with Crippen LogP contribution in [-0.4, -0.2) is 42.3 Å². The lowest BCUT2D eigenvalue weighted by atomic mass is 10.1. The number of hydrogen-bond acceptors (Lipinski definition) is 4. The van der Waals surface area contributed by atoms with E-state index in [2.05, 4.69) is 5.32 Å². The lowest BCUT2D eigenvalue weighted by molar-refractivity contribution is -0.140. The Morgan fingerprint density at radius 1 is 1.47 bits per heavy atom. The molecule has 6 heteroatoms. The molecule has 0 aliphatic carbocycles. The van der Waals surface area contributed by atoms with E-state index in [9.17, 15) is 9.59 Å². The van der Waals surface area contributed by atoms with Gasteiger partial charge in [-0.25, -0.2) is 0 Å². The average Bonchev–Trinajstić information content (AvgIpc) is 2.18. The van der Waals surface area contributed by atoms with Gasteiger partial charge in [-0.15, -0.1) is 0 Å². The molecule has 1 amide bonds. The Bertz CT molecular complexity index is 238. The van der Waals surface area contributed by atoms with Gasteiger partial charge >= 0.3 is 5.97 Å². The standard InChI is InChI=1S/C9H16N2O4/c10-7(9(13)14)5-8(12)11-6-1-3-15-4-2-6/h6-7H,1-5,10H2,(H,11,12)(H,13,14)/t7-/m0/s1. The number of nitrogens with one attached hydrogen (secondary N) is 1. The van der Waals surface area contributed by atoms with Crippen molar-refractivity contribution in [2.75, 3.05) is 13.2 Å². The molecule has 0 bridgehead atoms.